The fourth-order valence-electron chi connectivity index (χ4n) is 3.54. The van der Waals surface area contributed by atoms with E-state index < -0.39 is 23.2 Å². The summed E-state index contributed by atoms with van der Waals surface area (Å²) in [5.74, 6) is -1.85. The molecule has 0 atom stereocenters. The third kappa shape index (κ3) is 5.46. The van der Waals surface area contributed by atoms with Crippen LogP contribution in [0.1, 0.15) is 19.3 Å². The average Bonchev–Trinajstić information content (AvgIpc) is 2.67. The first-order chi connectivity index (χ1) is 13.0. The molecule has 0 saturated carbocycles. The predicted octanol–water partition coefficient (Wildman–Crippen LogP) is 1.53. The van der Waals surface area contributed by atoms with Gasteiger partial charge in [-0.2, -0.15) is 0 Å². The number of para-hydroxylation sites is 1. The first kappa shape index (κ1) is 19.7. The Morgan fingerprint density at radius 1 is 0.852 bits per heavy atom. The van der Waals surface area contributed by atoms with Crippen LogP contribution >= 0.6 is 0 Å². The normalized spacial score (nSPS) is 19.1. The predicted molar refractivity (Wildman–Crippen MR) is 98.3 cm³/mol. The van der Waals surface area contributed by atoms with Gasteiger partial charge in [0, 0.05) is 39.3 Å². The van der Waals surface area contributed by atoms with Crippen LogP contribution in [0.3, 0.4) is 0 Å². The fourth-order valence-corrected chi connectivity index (χ4v) is 3.54. The summed E-state index contributed by atoms with van der Waals surface area (Å²) in [5, 5.41) is 2.31. The molecule has 1 aromatic carbocycles. The number of piperazine rings is 1. The van der Waals surface area contributed by atoms with Crippen molar-refractivity contribution >= 4 is 17.5 Å². The van der Waals surface area contributed by atoms with Crippen LogP contribution in [0.4, 0.5) is 14.5 Å². The van der Waals surface area contributed by atoms with Gasteiger partial charge in [0.2, 0.25) is 11.8 Å². The van der Waals surface area contributed by atoms with Crippen LogP contribution in [0.5, 0.6) is 0 Å². The lowest BCUT2D eigenvalue weighted by Crippen LogP contribution is -2.51. The van der Waals surface area contributed by atoms with E-state index in [1.165, 1.54) is 12.5 Å². The molecule has 2 aliphatic heterocycles. The first-order valence-corrected chi connectivity index (χ1v) is 9.49. The minimum Gasteiger partial charge on any atom is -0.342 e. The Balaban J connectivity index is 1.41. The monoisotopic (exact) mass is 380 g/mol. The molecule has 0 aromatic heterocycles. The Morgan fingerprint density at radius 3 is 2.00 bits per heavy atom. The van der Waals surface area contributed by atoms with Crippen molar-refractivity contribution in [3.63, 3.8) is 0 Å². The number of rotatable bonds is 5. The summed E-state index contributed by atoms with van der Waals surface area (Å²) in [6, 6.07) is 3.47. The van der Waals surface area contributed by atoms with Gasteiger partial charge in [0.1, 0.15) is 17.3 Å². The van der Waals surface area contributed by atoms with Gasteiger partial charge in [-0.25, -0.2) is 8.78 Å². The van der Waals surface area contributed by atoms with E-state index in [2.05, 4.69) is 10.2 Å². The van der Waals surface area contributed by atoms with Crippen molar-refractivity contribution in [2.45, 2.75) is 19.3 Å². The standard InChI is InChI=1S/C19H26F2N4O2/c20-15-5-4-6-16(21)19(15)22-17(26)13-23-9-11-24(12-10-23)14-18(27)25-7-2-1-3-8-25/h4-6H,1-3,7-14H2,(H,22,26). The van der Waals surface area contributed by atoms with E-state index in [1.54, 1.807) is 0 Å². The number of amides is 2. The highest BCUT2D eigenvalue weighted by molar-refractivity contribution is 5.92. The van der Waals surface area contributed by atoms with Crippen LogP contribution in [-0.4, -0.2) is 78.9 Å². The van der Waals surface area contributed by atoms with Gasteiger partial charge < -0.3 is 10.2 Å². The van der Waals surface area contributed by atoms with Crippen molar-refractivity contribution < 1.29 is 18.4 Å². The number of nitrogens with one attached hydrogen (secondary N) is 1. The van der Waals surface area contributed by atoms with E-state index >= 15 is 0 Å². The number of benzene rings is 1. The first-order valence-electron chi connectivity index (χ1n) is 9.49. The van der Waals surface area contributed by atoms with Crippen molar-refractivity contribution in [2.24, 2.45) is 0 Å². The van der Waals surface area contributed by atoms with Crippen LogP contribution < -0.4 is 5.32 Å². The Labute approximate surface area is 158 Å². The summed E-state index contributed by atoms with van der Waals surface area (Å²) in [6.07, 6.45) is 3.36. The van der Waals surface area contributed by atoms with Gasteiger partial charge in [-0.3, -0.25) is 19.4 Å². The number of hydrogen-bond donors (Lipinski definition) is 1. The van der Waals surface area contributed by atoms with Gasteiger partial charge in [0.25, 0.3) is 0 Å². The third-order valence-corrected chi connectivity index (χ3v) is 5.13. The van der Waals surface area contributed by atoms with E-state index in [1.807, 2.05) is 9.80 Å². The molecule has 0 radical (unpaired) electrons. The van der Waals surface area contributed by atoms with Crippen molar-refractivity contribution in [3.05, 3.63) is 29.8 Å². The Bertz CT molecular complexity index is 651. The lowest BCUT2D eigenvalue weighted by Gasteiger charge is -2.35. The van der Waals surface area contributed by atoms with E-state index in [0.29, 0.717) is 32.7 Å². The van der Waals surface area contributed by atoms with Gasteiger partial charge in [0.05, 0.1) is 13.1 Å². The molecule has 0 aliphatic carbocycles. The SMILES string of the molecule is O=C(CN1CCN(CC(=O)N2CCCCC2)CC1)Nc1c(F)cccc1F. The number of hydrogen-bond acceptors (Lipinski definition) is 4. The Morgan fingerprint density at radius 2 is 1.41 bits per heavy atom. The zero-order valence-electron chi connectivity index (χ0n) is 15.4. The van der Waals surface area contributed by atoms with Gasteiger partial charge in [-0.05, 0) is 31.4 Å². The average molecular weight is 380 g/mol. The van der Waals surface area contributed by atoms with Crippen LogP contribution in [0.15, 0.2) is 18.2 Å². The highest BCUT2D eigenvalue weighted by Gasteiger charge is 2.24. The molecule has 0 unspecified atom stereocenters. The maximum Gasteiger partial charge on any atom is 0.238 e. The molecule has 2 fully saturated rings. The summed E-state index contributed by atoms with van der Waals surface area (Å²) in [7, 11) is 0. The minimum absolute atomic E-state index is 0.0711. The quantitative estimate of drug-likeness (QED) is 0.842. The topological polar surface area (TPSA) is 55.9 Å². The fraction of sp³-hybridized carbons (Fsp3) is 0.579. The zero-order valence-corrected chi connectivity index (χ0v) is 15.4. The summed E-state index contributed by atoms with van der Waals surface area (Å²) < 4.78 is 27.2. The van der Waals surface area contributed by atoms with E-state index in [9.17, 15) is 18.4 Å². The van der Waals surface area contributed by atoms with Gasteiger partial charge in [-0.15, -0.1) is 0 Å². The van der Waals surface area contributed by atoms with E-state index in [4.69, 9.17) is 0 Å². The molecule has 1 aromatic rings. The second kappa shape index (κ2) is 9.23. The molecular weight excluding hydrogens is 354 g/mol. The number of carbonyl (C=O) groups is 2. The van der Waals surface area contributed by atoms with Crippen molar-refractivity contribution in [3.8, 4) is 0 Å². The summed E-state index contributed by atoms with van der Waals surface area (Å²) in [5.41, 5.74) is -0.409. The lowest BCUT2D eigenvalue weighted by atomic mass is 10.1. The third-order valence-electron chi connectivity index (χ3n) is 5.13. The molecule has 2 aliphatic rings. The molecule has 0 bridgehead atoms. The van der Waals surface area contributed by atoms with Gasteiger partial charge >= 0.3 is 0 Å². The highest BCUT2D eigenvalue weighted by Crippen LogP contribution is 2.18. The Kier molecular flexibility index (Phi) is 6.73. The molecule has 2 saturated heterocycles. The Hall–Kier alpha value is -2.06. The van der Waals surface area contributed by atoms with Crippen molar-refractivity contribution in [1.82, 2.24) is 14.7 Å². The van der Waals surface area contributed by atoms with Crippen LogP contribution in [-0.2, 0) is 9.59 Å². The zero-order chi connectivity index (χ0) is 19.2. The van der Waals surface area contributed by atoms with E-state index in [0.717, 1.165) is 38.1 Å². The van der Waals surface area contributed by atoms with Crippen LogP contribution in [0, 0.1) is 11.6 Å². The molecule has 3 rings (SSSR count). The molecule has 1 N–H and O–H groups in total. The lowest BCUT2D eigenvalue weighted by molar-refractivity contribution is -0.134. The molecule has 2 amide bonds. The number of anilines is 1. The number of likely N-dealkylation sites (tertiary alicyclic amines) is 1. The van der Waals surface area contributed by atoms with Crippen molar-refractivity contribution in [2.75, 3.05) is 57.7 Å². The number of carbonyl (C=O) groups excluding carboxylic acids is 2. The minimum atomic E-state index is -0.788. The second-order valence-corrected chi connectivity index (χ2v) is 7.14. The molecule has 0 spiro atoms. The molecule has 2 heterocycles. The second-order valence-electron chi connectivity index (χ2n) is 7.14. The largest absolute Gasteiger partial charge is 0.342 e. The molecule has 27 heavy (non-hydrogen) atoms. The number of nitrogens with zero attached hydrogens (tertiary/aromatic N) is 3. The van der Waals surface area contributed by atoms with Crippen LogP contribution in [0.25, 0.3) is 0 Å². The maximum absolute atomic E-state index is 13.6. The molecular formula is C19H26F2N4O2. The van der Waals surface area contributed by atoms with E-state index in [-0.39, 0.29) is 12.5 Å². The summed E-state index contributed by atoms with van der Waals surface area (Å²) in [4.78, 5) is 30.4. The van der Waals surface area contributed by atoms with Gasteiger partial charge in [0.15, 0.2) is 0 Å². The number of piperidine rings is 1. The van der Waals surface area contributed by atoms with Crippen molar-refractivity contribution in [1.29, 1.82) is 0 Å². The smallest absolute Gasteiger partial charge is 0.238 e. The number of halogens is 2. The van der Waals surface area contributed by atoms with Gasteiger partial charge in [-0.1, -0.05) is 6.07 Å². The maximum atomic E-state index is 13.6. The summed E-state index contributed by atoms with van der Waals surface area (Å²) in [6.45, 7) is 4.86. The molecule has 8 heteroatoms. The highest BCUT2D eigenvalue weighted by atomic mass is 19.1. The van der Waals surface area contributed by atoms with Crippen LogP contribution in [0.2, 0.25) is 0 Å². The molecule has 148 valence electrons. The summed E-state index contributed by atoms with van der Waals surface area (Å²) >= 11 is 0. The molecule has 6 nitrogen and oxygen atoms in total.